The fraction of sp³-hybridized carbons (Fsp3) is 0.440. The average molecular weight is 485 g/mol. The molecule has 0 radical (unpaired) electrons. The van der Waals surface area contributed by atoms with Gasteiger partial charge in [0, 0.05) is 38.8 Å². The molecule has 1 saturated heterocycles. The highest BCUT2D eigenvalue weighted by atomic mass is 19.4. The molecular formula is C25H27F3N6O. The summed E-state index contributed by atoms with van der Waals surface area (Å²) in [6.45, 7) is 5.90. The number of piperazine rings is 1. The quantitative estimate of drug-likeness (QED) is 0.543. The predicted molar refractivity (Wildman–Crippen MR) is 127 cm³/mol. The van der Waals surface area contributed by atoms with Gasteiger partial charge in [-0.3, -0.25) is 9.47 Å². The second-order valence-corrected chi connectivity index (χ2v) is 8.85. The van der Waals surface area contributed by atoms with Crippen LogP contribution in [0.25, 0.3) is 11.0 Å². The normalized spacial score (nSPS) is 19.2. The van der Waals surface area contributed by atoms with Crippen molar-refractivity contribution >= 4 is 16.9 Å². The fourth-order valence-corrected chi connectivity index (χ4v) is 4.70. The zero-order valence-corrected chi connectivity index (χ0v) is 19.9. The first-order valence-electron chi connectivity index (χ1n) is 11.6. The van der Waals surface area contributed by atoms with E-state index in [1.807, 2.05) is 0 Å². The first kappa shape index (κ1) is 24.7. The summed E-state index contributed by atoms with van der Waals surface area (Å²) in [5.41, 5.74) is 1.13. The van der Waals surface area contributed by atoms with E-state index in [0.29, 0.717) is 36.5 Å². The number of alkyl halides is 3. The van der Waals surface area contributed by atoms with E-state index >= 15 is 0 Å². The number of nitrogens with zero attached hydrogens (tertiary/aromatic N) is 6. The molecule has 1 aliphatic heterocycles. The van der Waals surface area contributed by atoms with E-state index in [-0.39, 0.29) is 17.8 Å². The molecule has 0 aliphatic carbocycles. The SMILES string of the molecule is CC[C@@H]1CN(c2nc(=O)n(C)c3ccc(C#N)nc23)[C@@H](CC)CN1Cc1ccc(C(F)(F)F)cc1. The van der Waals surface area contributed by atoms with Crippen molar-refractivity contribution in [1.82, 2.24) is 19.4 Å². The number of halogens is 3. The summed E-state index contributed by atoms with van der Waals surface area (Å²) >= 11 is 0. The third kappa shape index (κ3) is 4.86. The number of fused-ring (bicyclic) bond motifs is 1. The number of rotatable bonds is 5. The smallest absolute Gasteiger partial charge is 0.349 e. The maximum atomic E-state index is 12.9. The molecule has 3 aromatic rings. The lowest BCUT2D eigenvalue weighted by atomic mass is 10.0. The Morgan fingerprint density at radius 3 is 2.31 bits per heavy atom. The number of nitriles is 1. The summed E-state index contributed by atoms with van der Waals surface area (Å²) in [6, 6.07) is 10.8. The maximum Gasteiger partial charge on any atom is 0.416 e. The Morgan fingerprint density at radius 2 is 1.71 bits per heavy atom. The van der Waals surface area contributed by atoms with Crippen LogP contribution in [-0.4, -0.2) is 44.6 Å². The van der Waals surface area contributed by atoms with Gasteiger partial charge in [-0.1, -0.05) is 26.0 Å². The minimum atomic E-state index is -4.36. The summed E-state index contributed by atoms with van der Waals surface area (Å²) in [5, 5.41) is 9.35. The molecule has 4 rings (SSSR count). The highest BCUT2D eigenvalue weighted by Crippen LogP contribution is 2.31. The Bertz CT molecular complexity index is 1310. The predicted octanol–water partition coefficient (Wildman–Crippen LogP) is 4.10. The van der Waals surface area contributed by atoms with E-state index in [4.69, 9.17) is 0 Å². The molecule has 1 fully saturated rings. The molecule has 1 aliphatic rings. The van der Waals surface area contributed by atoms with E-state index in [1.165, 1.54) is 16.7 Å². The van der Waals surface area contributed by atoms with Crippen LogP contribution in [-0.2, 0) is 19.8 Å². The largest absolute Gasteiger partial charge is 0.416 e. The first-order valence-corrected chi connectivity index (χ1v) is 11.6. The van der Waals surface area contributed by atoms with Crippen molar-refractivity contribution in [2.75, 3.05) is 18.0 Å². The number of pyridine rings is 1. The van der Waals surface area contributed by atoms with Crippen molar-refractivity contribution in [2.24, 2.45) is 7.05 Å². The van der Waals surface area contributed by atoms with Crippen LogP contribution in [0.15, 0.2) is 41.2 Å². The van der Waals surface area contributed by atoms with Gasteiger partial charge in [0.2, 0.25) is 0 Å². The minimum absolute atomic E-state index is 0.0163. The van der Waals surface area contributed by atoms with Crippen molar-refractivity contribution in [3.8, 4) is 6.07 Å². The van der Waals surface area contributed by atoms with Gasteiger partial charge in [-0.15, -0.1) is 0 Å². The second-order valence-electron chi connectivity index (χ2n) is 8.85. The van der Waals surface area contributed by atoms with Crippen LogP contribution in [0, 0.1) is 11.3 Å². The van der Waals surface area contributed by atoms with Crippen LogP contribution in [0.2, 0.25) is 0 Å². The molecule has 7 nitrogen and oxygen atoms in total. The molecule has 3 heterocycles. The molecule has 184 valence electrons. The lowest BCUT2D eigenvalue weighted by Gasteiger charge is -2.47. The van der Waals surface area contributed by atoms with E-state index in [0.717, 1.165) is 30.5 Å². The molecule has 35 heavy (non-hydrogen) atoms. The van der Waals surface area contributed by atoms with Gasteiger partial charge in [-0.2, -0.15) is 23.4 Å². The van der Waals surface area contributed by atoms with Crippen LogP contribution >= 0.6 is 0 Å². The van der Waals surface area contributed by atoms with Crippen LogP contribution in [0.1, 0.15) is 43.5 Å². The zero-order chi connectivity index (χ0) is 25.3. The Morgan fingerprint density at radius 1 is 1.03 bits per heavy atom. The van der Waals surface area contributed by atoms with Crippen molar-refractivity contribution in [3.63, 3.8) is 0 Å². The number of aromatic nitrogens is 3. The number of benzene rings is 1. The second kappa shape index (κ2) is 9.66. The van der Waals surface area contributed by atoms with Gasteiger partial charge in [0.25, 0.3) is 0 Å². The molecule has 0 N–H and O–H groups in total. The summed E-state index contributed by atoms with van der Waals surface area (Å²) < 4.78 is 40.2. The van der Waals surface area contributed by atoms with Crippen molar-refractivity contribution in [1.29, 1.82) is 5.26 Å². The van der Waals surface area contributed by atoms with E-state index in [9.17, 15) is 23.2 Å². The fourth-order valence-electron chi connectivity index (χ4n) is 4.70. The van der Waals surface area contributed by atoms with Gasteiger partial charge < -0.3 is 4.90 Å². The Hall–Kier alpha value is -3.45. The van der Waals surface area contributed by atoms with Gasteiger partial charge in [-0.05, 0) is 42.7 Å². The maximum absolute atomic E-state index is 12.9. The van der Waals surface area contributed by atoms with E-state index < -0.39 is 17.4 Å². The van der Waals surface area contributed by atoms with Crippen LogP contribution in [0.5, 0.6) is 0 Å². The highest BCUT2D eigenvalue weighted by Gasteiger charge is 2.35. The Kier molecular flexibility index (Phi) is 6.81. The molecule has 0 bridgehead atoms. The summed E-state index contributed by atoms with van der Waals surface area (Å²) in [5.74, 6) is 0.472. The van der Waals surface area contributed by atoms with E-state index in [1.54, 1.807) is 19.2 Å². The van der Waals surface area contributed by atoms with Gasteiger partial charge in [0.15, 0.2) is 5.82 Å². The Labute approximate surface area is 201 Å². The molecule has 0 unspecified atom stereocenters. The van der Waals surface area contributed by atoms with Crippen molar-refractivity contribution < 1.29 is 13.2 Å². The van der Waals surface area contributed by atoms with Crippen LogP contribution in [0.4, 0.5) is 19.0 Å². The Balaban J connectivity index is 1.67. The van der Waals surface area contributed by atoms with Gasteiger partial charge in [0.1, 0.15) is 17.3 Å². The van der Waals surface area contributed by atoms with Crippen molar-refractivity contribution in [3.05, 3.63) is 63.7 Å². The third-order valence-corrected chi connectivity index (χ3v) is 6.74. The molecule has 0 saturated carbocycles. The molecule has 0 spiro atoms. The molecule has 2 atom stereocenters. The minimum Gasteiger partial charge on any atom is -0.349 e. The van der Waals surface area contributed by atoms with Gasteiger partial charge in [-0.25, -0.2) is 9.78 Å². The van der Waals surface area contributed by atoms with Crippen molar-refractivity contribution in [2.45, 2.75) is 51.5 Å². The average Bonchev–Trinajstić information content (AvgIpc) is 2.85. The van der Waals surface area contributed by atoms with Gasteiger partial charge in [0.05, 0.1) is 11.1 Å². The van der Waals surface area contributed by atoms with Crippen LogP contribution < -0.4 is 10.6 Å². The summed E-state index contributed by atoms with van der Waals surface area (Å²) in [7, 11) is 1.63. The summed E-state index contributed by atoms with van der Waals surface area (Å²) in [4.78, 5) is 25.9. The number of anilines is 1. The lowest BCUT2D eigenvalue weighted by molar-refractivity contribution is -0.137. The monoisotopic (exact) mass is 484 g/mol. The highest BCUT2D eigenvalue weighted by molar-refractivity contribution is 5.86. The standard InChI is InChI=1S/C25H27F3N6O/c1-4-19-15-34(23-22-21(32(3)24(35)31-23)11-10-18(12-29)30-22)20(5-2)14-33(19)13-16-6-8-17(9-7-16)25(26,27)28/h6-11,19-20H,4-5,13-15H2,1-3H3/t19-,20+/m1/s1. The summed E-state index contributed by atoms with van der Waals surface area (Å²) in [6.07, 6.45) is -2.77. The first-order chi connectivity index (χ1) is 16.7. The topological polar surface area (TPSA) is 78.0 Å². The number of hydrogen-bond acceptors (Lipinski definition) is 6. The zero-order valence-electron chi connectivity index (χ0n) is 19.9. The van der Waals surface area contributed by atoms with E-state index in [2.05, 4.69) is 39.7 Å². The number of hydrogen-bond donors (Lipinski definition) is 0. The third-order valence-electron chi connectivity index (χ3n) is 6.74. The molecular weight excluding hydrogens is 457 g/mol. The van der Waals surface area contributed by atoms with Crippen LogP contribution in [0.3, 0.4) is 0 Å². The number of aryl methyl sites for hydroxylation is 1. The molecule has 10 heteroatoms. The lowest BCUT2D eigenvalue weighted by Crippen LogP contribution is -2.58. The molecule has 2 aromatic heterocycles. The van der Waals surface area contributed by atoms with Gasteiger partial charge >= 0.3 is 11.9 Å². The molecule has 1 aromatic carbocycles. The molecule has 0 amide bonds.